The fourth-order valence-electron chi connectivity index (χ4n) is 2.87. The van der Waals surface area contributed by atoms with Gasteiger partial charge < -0.3 is 25.0 Å². The number of guanidine groups is 1. The van der Waals surface area contributed by atoms with E-state index >= 15 is 0 Å². The van der Waals surface area contributed by atoms with Crippen molar-refractivity contribution in [1.29, 1.82) is 0 Å². The van der Waals surface area contributed by atoms with Gasteiger partial charge in [0.2, 0.25) is 0 Å². The number of aliphatic imine (C=N–C) groups is 1. The van der Waals surface area contributed by atoms with Crippen molar-refractivity contribution in [3.63, 3.8) is 0 Å². The van der Waals surface area contributed by atoms with Crippen LogP contribution in [0, 0.1) is 0 Å². The molecule has 1 aromatic heterocycles. The lowest BCUT2D eigenvalue weighted by atomic mass is 10.1. The molecule has 0 spiro atoms. The Labute approximate surface area is 172 Å². The van der Waals surface area contributed by atoms with Crippen LogP contribution in [0.1, 0.15) is 23.4 Å². The molecular formula is C21H32N4O2S. The van der Waals surface area contributed by atoms with E-state index in [1.165, 1.54) is 10.4 Å². The molecule has 0 aliphatic rings. The Morgan fingerprint density at radius 1 is 1.14 bits per heavy atom. The minimum Gasteiger partial charge on any atom is -0.493 e. The number of rotatable bonds is 10. The smallest absolute Gasteiger partial charge is 0.191 e. The molecule has 0 aliphatic heterocycles. The van der Waals surface area contributed by atoms with Gasteiger partial charge in [0, 0.05) is 18.0 Å². The van der Waals surface area contributed by atoms with Gasteiger partial charge in [-0.05, 0) is 56.6 Å². The van der Waals surface area contributed by atoms with Gasteiger partial charge in [-0.25, -0.2) is 0 Å². The third-order valence-electron chi connectivity index (χ3n) is 4.42. The summed E-state index contributed by atoms with van der Waals surface area (Å²) in [6.45, 7) is 4.40. The third kappa shape index (κ3) is 6.42. The number of benzene rings is 1. The Morgan fingerprint density at radius 3 is 2.54 bits per heavy atom. The van der Waals surface area contributed by atoms with Crippen LogP contribution in [0.25, 0.3) is 0 Å². The minimum absolute atomic E-state index is 0.279. The first-order chi connectivity index (χ1) is 13.6. The van der Waals surface area contributed by atoms with Gasteiger partial charge in [0.1, 0.15) is 0 Å². The second-order valence-electron chi connectivity index (χ2n) is 6.58. The van der Waals surface area contributed by atoms with Crippen LogP contribution in [0.3, 0.4) is 0 Å². The van der Waals surface area contributed by atoms with Crippen molar-refractivity contribution in [3.8, 4) is 11.5 Å². The van der Waals surface area contributed by atoms with E-state index in [-0.39, 0.29) is 6.04 Å². The molecule has 0 saturated carbocycles. The van der Waals surface area contributed by atoms with Crippen molar-refractivity contribution in [1.82, 2.24) is 15.5 Å². The monoisotopic (exact) mass is 404 g/mol. The third-order valence-corrected chi connectivity index (χ3v) is 5.39. The fraction of sp³-hybridized carbons (Fsp3) is 0.476. The summed E-state index contributed by atoms with van der Waals surface area (Å²) in [7, 11) is 7.49. The molecule has 0 radical (unpaired) electrons. The largest absolute Gasteiger partial charge is 0.493 e. The zero-order valence-electron chi connectivity index (χ0n) is 17.5. The predicted molar refractivity (Wildman–Crippen MR) is 118 cm³/mol. The van der Waals surface area contributed by atoms with Crippen molar-refractivity contribution in [2.24, 2.45) is 4.99 Å². The first kappa shape index (κ1) is 22.0. The van der Waals surface area contributed by atoms with Crippen LogP contribution < -0.4 is 20.1 Å². The van der Waals surface area contributed by atoms with Crippen LogP contribution in [-0.4, -0.2) is 58.8 Å². The quantitative estimate of drug-likeness (QED) is 0.471. The SMILES string of the molecule is CCNC(=NCC(c1cccs1)N(C)C)NCCc1ccc(OC)c(OC)c1. The molecule has 1 heterocycles. The molecule has 7 heteroatoms. The zero-order valence-corrected chi connectivity index (χ0v) is 18.3. The average molecular weight is 405 g/mol. The van der Waals surface area contributed by atoms with Crippen LogP contribution in [0.4, 0.5) is 0 Å². The Bertz CT molecular complexity index is 732. The fourth-order valence-corrected chi connectivity index (χ4v) is 3.78. The van der Waals surface area contributed by atoms with Crippen LogP contribution in [0.2, 0.25) is 0 Å². The second kappa shape index (κ2) is 11.6. The summed E-state index contributed by atoms with van der Waals surface area (Å²) in [5.41, 5.74) is 1.19. The van der Waals surface area contributed by atoms with Crippen LogP contribution in [0.5, 0.6) is 11.5 Å². The Kier molecular flexibility index (Phi) is 9.10. The zero-order chi connectivity index (χ0) is 20.4. The lowest BCUT2D eigenvalue weighted by molar-refractivity contribution is 0.310. The number of hydrogen-bond donors (Lipinski definition) is 2. The van der Waals surface area contributed by atoms with E-state index in [1.54, 1.807) is 25.6 Å². The molecule has 1 unspecified atom stereocenters. The Hall–Kier alpha value is -2.25. The maximum atomic E-state index is 5.38. The van der Waals surface area contributed by atoms with Crippen LogP contribution in [-0.2, 0) is 6.42 Å². The Balaban J connectivity index is 1.96. The van der Waals surface area contributed by atoms with Gasteiger partial charge in [-0.1, -0.05) is 12.1 Å². The summed E-state index contributed by atoms with van der Waals surface area (Å²) in [4.78, 5) is 8.34. The molecule has 0 fully saturated rings. The minimum atomic E-state index is 0.279. The molecule has 1 aromatic carbocycles. The number of thiophene rings is 1. The van der Waals surface area contributed by atoms with Crippen molar-refractivity contribution < 1.29 is 9.47 Å². The highest BCUT2D eigenvalue weighted by Gasteiger charge is 2.15. The van der Waals surface area contributed by atoms with Crippen molar-refractivity contribution >= 4 is 17.3 Å². The average Bonchev–Trinajstić information content (AvgIpc) is 3.22. The summed E-state index contributed by atoms with van der Waals surface area (Å²) in [6, 6.07) is 10.6. The normalized spacial score (nSPS) is 12.7. The first-order valence-electron chi connectivity index (χ1n) is 9.52. The molecule has 0 saturated heterocycles. The van der Waals surface area contributed by atoms with Gasteiger partial charge in [0.05, 0.1) is 26.8 Å². The lowest BCUT2D eigenvalue weighted by Gasteiger charge is -2.22. The second-order valence-corrected chi connectivity index (χ2v) is 7.56. The van der Waals surface area contributed by atoms with E-state index < -0.39 is 0 Å². The van der Waals surface area contributed by atoms with Crippen LogP contribution >= 0.6 is 11.3 Å². The molecule has 0 bridgehead atoms. The molecule has 154 valence electrons. The van der Waals surface area contributed by atoms with E-state index in [4.69, 9.17) is 14.5 Å². The first-order valence-corrected chi connectivity index (χ1v) is 10.4. The summed E-state index contributed by atoms with van der Waals surface area (Å²) < 4.78 is 10.7. The van der Waals surface area contributed by atoms with Gasteiger partial charge in [-0.2, -0.15) is 0 Å². The van der Waals surface area contributed by atoms with Gasteiger partial charge in [-0.15, -0.1) is 11.3 Å². The van der Waals surface area contributed by atoms with E-state index in [0.29, 0.717) is 6.54 Å². The maximum Gasteiger partial charge on any atom is 0.191 e. The van der Waals surface area contributed by atoms with Gasteiger partial charge in [0.15, 0.2) is 17.5 Å². The standard InChI is InChI=1S/C21H32N4O2S/c1-6-22-21(24-15-17(25(2)3)20-8-7-13-28-20)23-12-11-16-9-10-18(26-4)19(14-16)27-5/h7-10,13-14,17H,6,11-12,15H2,1-5H3,(H2,22,23,24). The summed E-state index contributed by atoms with van der Waals surface area (Å²) in [5.74, 6) is 2.34. The molecule has 2 rings (SSSR count). The van der Waals surface area contributed by atoms with E-state index in [9.17, 15) is 0 Å². The van der Waals surface area contributed by atoms with Crippen molar-refractivity contribution in [3.05, 3.63) is 46.2 Å². The summed E-state index contributed by atoms with van der Waals surface area (Å²) in [6.07, 6.45) is 0.868. The molecule has 0 amide bonds. The lowest BCUT2D eigenvalue weighted by Crippen LogP contribution is -2.39. The van der Waals surface area contributed by atoms with Crippen molar-refractivity contribution in [2.75, 3.05) is 47.9 Å². The molecule has 2 aromatic rings. The number of hydrogen-bond acceptors (Lipinski definition) is 5. The van der Waals surface area contributed by atoms with Crippen LogP contribution in [0.15, 0.2) is 40.7 Å². The number of ether oxygens (including phenoxy) is 2. The van der Waals surface area contributed by atoms with Gasteiger partial charge in [-0.3, -0.25) is 4.99 Å². The van der Waals surface area contributed by atoms with Gasteiger partial charge in [0.25, 0.3) is 0 Å². The highest BCUT2D eigenvalue weighted by molar-refractivity contribution is 7.10. The number of methoxy groups -OCH3 is 2. The summed E-state index contributed by atoms with van der Waals surface area (Å²) >= 11 is 1.77. The van der Waals surface area contributed by atoms with E-state index in [0.717, 1.165) is 37.0 Å². The number of nitrogens with zero attached hydrogens (tertiary/aromatic N) is 2. The van der Waals surface area contributed by atoms with Gasteiger partial charge >= 0.3 is 0 Å². The van der Waals surface area contributed by atoms with Crippen molar-refractivity contribution in [2.45, 2.75) is 19.4 Å². The molecule has 6 nitrogen and oxygen atoms in total. The summed E-state index contributed by atoms with van der Waals surface area (Å²) in [5, 5.41) is 8.87. The topological polar surface area (TPSA) is 58.1 Å². The maximum absolute atomic E-state index is 5.38. The number of likely N-dealkylation sites (N-methyl/N-ethyl adjacent to an activating group) is 1. The highest BCUT2D eigenvalue weighted by Crippen LogP contribution is 2.27. The molecular weight excluding hydrogens is 372 g/mol. The van der Waals surface area contributed by atoms with E-state index in [2.05, 4.69) is 60.1 Å². The molecule has 28 heavy (non-hydrogen) atoms. The molecule has 1 atom stereocenters. The Morgan fingerprint density at radius 2 is 1.93 bits per heavy atom. The molecule has 0 aliphatic carbocycles. The predicted octanol–water partition coefficient (Wildman–Crippen LogP) is 3.17. The molecule has 2 N–H and O–H groups in total. The van der Waals surface area contributed by atoms with E-state index in [1.807, 2.05) is 12.1 Å². The number of nitrogens with one attached hydrogen (secondary N) is 2. The highest BCUT2D eigenvalue weighted by atomic mass is 32.1.